The zero-order valence-electron chi connectivity index (χ0n) is 13.6. The van der Waals surface area contributed by atoms with E-state index in [-0.39, 0.29) is 12.3 Å². The molecule has 1 amide bonds. The first kappa shape index (κ1) is 16.4. The summed E-state index contributed by atoms with van der Waals surface area (Å²) in [6, 6.07) is 12.0. The zero-order valence-corrected chi connectivity index (χ0v) is 13.6. The number of esters is 1. The number of anilines is 1. The minimum atomic E-state index is -0.503. The van der Waals surface area contributed by atoms with Gasteiger partial charge in [0.05, 0.1) is 36.6 Å². The molecule has 0 saturated heterocycles. The Morgan fingerprint density at radius 3 is 2.60 bits per heavy atom. The first-order chi connectivity index (χ1) is 12.2. The average Bonchev–Trinajstić information content (AvgIpc) is 3.16. The molecule has 126 valence electrons. The molecule has 0 saturated carbocycles. The second-order valence-corrected chi connectivity index (χ2v) is 5.28. The second kappa shape index (κ2) is 7.44. The Bertz CT molecular complexity index is 874. The molecule has 6 heteroatoms. The first-order valence-corrected chi connectivity index (χ1v) is 7.63. The summed E-state index contributed by atoms with van der Waals surface area (Å²) in [6.45, 7) is 0. The fraction of sp³-hybridized carbons (Fsp3) is 0.105. The normalized spacial score (nSPS) is 10.3. The van der Waals surface area contributed by atoms with Crippen LogP contribution in [0.4, 0.5) is 5.69 Å². The Balaban J connectivity index is 1.93. The lowest BCUT2D eigenvalue weighted by Gasteiger charge is -2.13. The van der Waals surface area contributed by atoms with E-state index in [1.165, 1.54) is 13.4 Å². The van der Waals surface area contributed by atoms with Crippen molar-refractivity contribution in [2.75, 3.05) is 12.4 Å². The lowest BCUT2D eigenvalue weighted by molar-refractivity contribution is -0.115. The molecule has 1 aromatic carbocycles. The number of carbonyl (C=O) groups excluding carboxylic acids is 2. The third kappa shape index (κ3) is 3.74. The molecule has 25 heavy (non-hydrogen) atoms. The van der Waals surface area contributed by atoms with Crippen LogP contribution in [0.2, 0.25) is 0 Å². The molecule has 0 aliphatic heterocycles. The van der Waals surface area contributed by atoms with Gasteiger partial charge in [0.1, 0.15) is 5.76 Å². The van der Waals surface area contributed by atoms with Crippen LogP contribution in [0.15, 0.2) is 65.5 Å². The van der Waals surface area contributed by atoms with Gasteiger partial charge < -0.3 is 14.5 Å². The van der Waals surface area contributed by atoms with E-state index in [1.807, 2.05) is 0 Å². The van der Waals surface area contributed by atoms with Crippen LogP contribution in [0.1, 0.15) is 15.9 Å². The molecule has 0 atom stereocenters. The lowest BCUT2D eigenvalue weighted by atomic mass is 10.0. The van der Waals surface area contributed by atoms with Gasteiger partial charge in [-0.15, -0.1) is 0 Å². The van der Waals surface area contributed by atoms with Gasteiger partial charge in [0.25, 0.3) is 0 Å². The topological polar surface area (TPSA) is 81.4 Å². The van der Waals surface area contributed by atoms with Crippen LogP contribution in [0, 0.1) is 0 Å². The molecular weight excluding hydrogens is 320 g/mol. The van der Waals surface area contributed by atoms with Crippen molar-refractivity contribution in [3.05, 3.63) is 72.2 Å². The van der Waals surface area contributed by atoms with Crippen molar-refractivity contribution in [2.45, 2.75) is 6.42 Å². The highest BCUT2D eigenvalue weighted by Crippen LogP contribution is 2.32. The van der Waals surface area contributed by atoms with Crippen LogP contribution in [0.5, 0.6) is 0 Å². The number of carbonyl (C=O) groups is 2. The maximum Gasteiger partial charge on any atom is 0.338 e. The first-order valence-electron chi connectivity index (χ1n) is 7.63. The fourth-order valence-electron chi connectivity index (χ4n) is 2.50. The van der Waals surface area contributed by atoms with Crippen LogP contribution < -0.4 is 5.32 Å². The number of pyridine rings is 1. The summed E-state index contributed by atoms with van der Waals surface area (Å²) in [4.78, 5) is 28.4. The van der Waals surface area contributed by atoms with Crippen molar-refractivity contribution in [3.8, 4) is 11.3 Å². The molecule has 6 nitrogen and oxygen atoms in total. The van der Waals surface area contributed by atoms with Crippen LogP contribution >= 0.6 is 0 Å². The van der Waals surface area contributed by atoms with E-state index >= 15 is 0 Å². The smallest absolute Gasteiger partial charge is 0.338 e. The van der Waals surface area contributed by atoms with Gasteiger partial charge in [0.15, 0.2) is 0 Å². The van der Waals surface area contributed by atoms with E-state index in [9.17, 15) is 9.59 Å². The predicted molar refractivity (Wildman–Crippen MR) is 92.1 cm³/mol. The van der Waals surface area contributed by atoms with Gasteiger partial charge in [-0.05, 0) is 42.0 Å². The van der Waals surface area contributed by atoms with Gasteiger partial charge in [-0.2, -0.15) is 0 Å². The Kier molecular flexibility index (Phi) is 4.89. The summed E-state index contributed by atoms with van der Waals surface area (Å²) in [6.07, 6.45) is 4.97. The van der Waals surface area contributed by atoms with E-state index in [0.717, 1.165) is 5.56 Å². The number of benzene rings is 1. The van der Waals surface area contributed by atoms with Crippen LogP contribution in [0.25, 0.3) is 11.3 Å². The molecule has 2 heterocycles. The molecule has 0 aliphatic rings. The van der Waals surface area contributed by atoms with Gasteiger partial charge in [-0.25, -0.2) is 4.79 Å². The lowest BCUT2D eigenvalue weighted by Crippen LogP contribution is -2.16. The number of nitrogens with zero attached hydrogens (tertiary/aromatic N) is 1. The van der Waals surface area contributed by atoms with Gasteiger partial charge in [-0.1, -0.05) is 6.07 Å². The summed E-state index contributed by atoms with van der Waals surface area (Å²) < 4.78 is 10.3. The number of amides is 1. The fourth-order valence-corrected chi connectivity index (χ4v) is 2.50. The van der Waals surface area contributed by atoms with Crippen LogP contribution in [0.3, 0.4) is 0 Å². The van der Waals surface area contributed by atoms with Crippen molar-refractivity contribution in [1.82, 2.24) is 4.98 Å². The predicted octanol–water partition coefficient (Wildman–Crippen LogP) is 3.31. The Hall–Kier alpha value is -3.41. The van der Waals surface area contributed by atoms with Gasteiger partial charge >= 0.3 is 5.97 Å². The molecule has 0 unspecified atom stereocenters. The zero-order chi connectivity index (χ0) is 17.6. The maximum atomic E-state index is 12.4. The van der Waals surface area contributed by atoms with Gasteiger partial charge in [0.2, 0.25) is 5.91 Å². The Morgan fingerprint density at radius 2 is 1.92 bits per heavy atom. The van der Waals surface area contributed by atoms with Crippen molar-refractivity contribution in [2.24, 2.45) is 0 Å². The molecule has 2 aromatic heterocycles. The number of aromatic nitrogens is 1. The molecule has 0 radical (unpaired) electrons. The summed E-state index contributed by atoms with van der Waals surface area (Å²) in [5.74, 6) is -0.238. The van der Waals surface area contributed by atoms with Crippen molar-refractivity contribution in [1.29, 1.82) is 0 Å². The number of ether oxygens (including phenoxy) is 1. The standard InChI is InChI=1S/C19H16N2O4/c1-24-19(23)14-4-2-5-15(18(14)16-6-3-11-25-16)21-17(22)12-13-7-9-20-10-8-13/h2-11H,12H2,1H3,(H,21,22). The molecular formula is C19H16N2O4. The number of nitrogens with one attached hydrogen (secondary N) is 1. The summed E-state index contributed by atoms with van der Waals surface area (Å²) in [7, 11) is 1.31. The number of hydrogen-bond donors (Lipinski definition) is 1. The highest BCUT2D eigenvalue weighted by Gasteiger charge is 2.20. The number of furan rings is 1. The van der Waals surface area contributed by atoms with Crippen LogP contribution in [-0.4, -0.2) is 24.0 Å². The average molecular weight is 336 g/mol. The quantitative estimate of drug-likeness (QED) is 0.723. The third-order valence-corrected chi connectivity index (χ3v) is 3.63. The summed E-state index contributed by atoms with van der Waals surface area (Å²) in [5.41, 5.74) is 2.13. The monoisotopic (exact) mass is 336 g/mol. The van der Waals surface area contributed by atoms with E-state index in [1.54, 1.807) is 54.9 Å². The minimum absolute atomic E-state index is 0.197. The number of rotatable bonds is 5. The number of hydrogen-bond acceptors (Lipinski definition) is 5. The van der Waals surface area contributed by atoms with Crippen molar-refractivity contribution in [3.63, 3.8) is 0 Å². The van der Waals surface area contributed by atoms with E-state index in [4.69, 9.17) is 9.15 Å². The second-order valence-electron chi connectivity index (χ2n) is 5.28. The SMILES string of the molecule is COC(=O)c1cccc(NC(=O)Cc2ccncc2)c1-c1ccco1. The van der Waals surface area contributed by atoms with Crippen molar-refractivity contribution < 1.29 is 18.7 Å². The summed E-state index contributed by atoms with van der Waals surface area (Å²) >= 11 is 0. The molecule has 0 bridgehead atoms. The third-order valence-electron chi connectivity index (χ3n) is 3.63. The minimum Gasteiger partial charge on any atom is -0.465 e. The highest BCUT2D eigenvalue weighted by molar-refractivity contribution is 6.04. The molecule has 0 fully saturated rings. The largest absolute Gasteiger partial charge is 0.465 e. The van der Waals surface area contributed by atoms with E-state index < -0.39 is 5.97 Å². The van der Waals surface area contributed by atoms with Gasteiger partial charge in [-0.3, -0.25) is 9.78 Å². The molecule has 3 rings (SSSR count). The van der Waals surface area contributed by atoms with Gasteiger partial charge in [0, 0.05) is 12.4 Å². The molecule has 3 aromatic rings. The summed E-state index contributed by atoms with van der Waals surface area (Å²) in [5, 5.41) is 2.84. The molecule has 0 spiro atoms. The van der Waals surface area contributed by atoms with E-state index in [2.05, 4.69) is 10.3 Å². The Morgan fingerprint density at radius 1 is 1.12 bits per heavy atom. The maximum absolute atomic E-state index is 12.4. The highest BCUT2D eigenvalue weighted by atomic mass is 16.5. The van der Waals surface area contributed by atoms with Crippen molar-refractivity contribution >= 4 is 17.6 Å². The molecule has 1 N–H and O–H groups in total. The number of methoxy groups -OCH3 is 1. The molecule has 0 aliphatic carbocycles. The van der Waals surface area contributed by atoms with E-state index in [0.29, 0.717) is 22.6 Å². The Labute approximate surface area is 144 Å². The van der Waals surface area contributed by atoms with Crippen LogP contribution in [-0.2, 0) is 16.0 Å².